The monoisotopic (exact) mass is 392 g/mol. The normalized spacial score (nSPS) is 12.4. The van der Waals surface area contributed by atoms with Crippen LogP contribution < -0.4 is 10.1 Å². The number of benzene rings is 2. The number of anilines is 1. The molecule has 1 aliphatic rings. The van der Waals surface area contributed by atoms with E-state index >= 15 is 0 Å². The smallest absolute Gasteiger partial charge is 0.338 e. The maximum absolute atomic E-state index is 12.7. The molecule has 0 spiro atoms. The highest BCUT2D eigenvalue weighted by Gasteiger charge is 2.23. The minimum Gasteiger partial charge on any atom is -0.494 e. The molecule has 148 valence electrons. The van der Waals surface area contributed by atoms with Gasteiger partial charge in [-0.2, -0.15) is 0 Å². The Morgan fingerprint density at radius 3 is 2.79 bits per heavy atom. The predicted octanol–water partition coefficient (Wildman–Crippen LogP) is 3.29. The Labute approximate surface area is 167 Å². The van der Waals surface area contributed by atoms with Crippen LogP contribution in [0.4, 0.5) is 5.69 Å². The highest BCUT2D eigenvalue weighted by atomic mass is 16.5. The second-order valence-corrected chi connectivity index (χ2v) is 6.68. The fourth-order valence-electron chi connectivity index (χ4n) is 3.07. The SMILES string of the molecule is CCCOc1ccc(-n2nnc(C(=O)Nc3ccc4c(c3)C(=O)OC4)c2C)cc1. The van der Waals surface area contributed by atoms with Crippen LogP contribution in [0, 0.1) is 6.92 Å². The van der Waals surface area contributed by atoms with Gasteiger partial charge in [-0.3, -0.25) is 4.79 Å². The first-order valence-corrected chi connectivity index (χ1v) is 9.33. The summed E-state index contributed by atoms with van der Waals surface area (Å²) in [5, 5.41) is 10.9. The summed E-state index contributed by atoms with van der Waals surface area (Å²) in [6.07, 6.45) is 0.938. The van der Waals surface area contributed by atoms with E-state index in [0.717, 1.165) is 23.4 Å². The summed E-state index contributed by atoms with van der Waals surface area (Å²) >= 11 is 0. The number of carbonyl (C=O) groups excluding carboxylic acids is 2. The van der Waals surface area contributed by atoms with Crippen LogP contribution in [-0.4, -0.2) is 33.5 Å². The van der Waals surface area contributed by atoms with Gasteiger partial charge in [-0.05, 0) is 49.7 Å². The Hall–Kier alpha value is -3.68. The molecular formula is C21H20N4O4. The van der Waals surface area contributed by atoms with Crippen molar-refractivity contribution in [1.82, 2.24) is 15.0 Å². The third-order valence-electron chi connectivity index (χ3n) is 4.61. The van der Waals surface area contributed by atoms with Gasteiger partial charge in [-0.15, -0.1) is 5.10 Å². The second-order valence-electron chi connectivity index (χ2n) is 6.68. The van der Waals surface area contributed by atoms with Crippen molar-refractivity contribution in [3.8, 4) is 11.4 Å². The third-order valence-corrected chi connectivity index (χ3v) is 4.61. The zero-order valence-electron chi connectivity index (χ0n) is 16.1. The maximum Gasteiger partial charge on any atom is 0.338 e. The van der Waals surface area contributed by atoms with Gasteiger partial charge in [0.2, 0.25) is 0 Å². The summed E-state index contributed by atoms with van der Waals surface area (Å²) < 4.78 is 12.2. The Morgan fingerprint density at radius 2 is 2.03 bits per heavy atom. The molecule has 1 aliphatic heterocycles. The van der Waals surface area contributed by atoms with Gasteiger partial charge in [0.25, 0.3) is 5.91 Å². The molecular weight excluding hydrogens is 372 g/mol. The van der Waals surface area contributed by atoms with Crippen LogP contribution in [-0.2, 0) is 11.3 Å². The standard InChI is InChI=1S/C21H20N4O4/c1-3-10-28-17-8-6-16(7-9-17)25-13(2)19(23-24-25)20(26)22-15-5-4-14-12-29-21(27)18(14)11-15/h4-9,11H,3,10,12H2,1-2H3,(H,22,26). The van der Waals surface area contributed by atoms with Crippen LogP contribution in [0.2, 0.25) is 0 Å². The number of amides is 1. The van der Waals surface area contributed by atoms with Gasteiger partial charge in [0.05, 0.1) is 23.6 Å². The average molecular weight is 392 g/mol. The van der Waals surface area contributed by atoms with E-state index in [1.54, 1.807) is 29.8 Å². The van der Waals surface area contributed by atoms with Crippen LogP contribution in [0.5, 0.6) is 5.75 Å². The van der Waals surface area contributed by atoms with E-state index in [2.05, 4.69) is 15.6 Å². The van der Waals surface area contributed by atoms with Crippen molar-refractivity contribution in [2.75, 3.05) is 11.9 Å². The number of hydrogen-bond donors (Lipinski definition) is 1. The molecule has 0 unspecified atom stereocenters. The summed E-state index contributed by atoms with van der Waals surface area (Å²) in [4.78, 5) is 24.4. The molecule has 8 nitrogen and oxygen atoms in total. The summed E-state index contributed by atoms with van der Waals surface area (Å²) in [6, 6.07) is 12.5. The fraction of sp³-hybridized carbons (Fsp3) is 0.238. The lowest BCUT2D eigenvalue weighted by Gasteiger charge is -2.07. The van der Waals surface area contributed by atoms with E-state index in [9.17, 15) is 9.59 Å². The summed E-state index contributed by atoms with van der Waals surface area (Å²) in [6.45, 7) is 4.75. The number of hydrogen-bond acceptors (Lipinski definition) is 6. The molecule has 3 aromatic rings. The molecule has 4 rings (SSSR count). The summed E-state index contributed by atoms with van der Waals surface area (Å²) in [5.41, 5.74) is 3.36. The summed E-state index contributed by atoms with van der Waals surface area (Å²) in [7, 11) is 0. The Kier molecular flexibility index (Phi) is 4.99. The first-order valence-electron chi connectivity index (χ1n) is 9.33. The highest BCUT2D eigenvalue weighted by Crippen LogP contribution is 2.24. The molecule has 1 aromatic heterocycles. The first kappa shape index (κ1) is 18.7. The van der Waals surface area contributed by atoms with Gasteiger partial charge in [0.15, 0.2) is 5.69 Å². The van der Waals surface area contributed by atoms with Gasteiger partial charge >= 0.3 is 5.97 Å². The predicted molar refractivity (Wildman–Crippen MR) is 105 cm³/mol. The largest absolute Gasteiger partial charge is 0.494 e. The van der Waals surface area contributed by atoms with Crippen LogP contribution in [0.15, 0.2) is 42.5 Å². The topological polar surface area (TPSA) is 95.3 Å². The van der Waals surface area contributed by atoms with Gasteiger partial charge in [0, 0.05) is 11.3 Å². The van der Waals surface area contributed by atoms with E-state index in [1.807, 2.05) is 31.2 Å². The molecule has 0 atom stereocenters. The zero-order valence-corrected chi connectivity index (χ0v) is 16.1. The van der Waals surface area contributed by atoms with Crippen LogP contribution >= 0.6 is 0 Å². The van der Waals surface area contributed by atoms with E-state index in [1.165, 1.54) is 0 Å². The van der Waals surface area contributed by atoms with Gasteiger partial charge in [-0.1, -0.05) is 18.2 Å². The Morgan fingerprint density at radius 1 is 1.24 bits per heavy atom. The van der Waals surface area contributed by atoms with Crippen LogP contribution in [0.1, 0.15) is 45.4 Å². The van der Waals surface area contributed by atoms with Gasteiger partial charge < -0.3 is 14.8 Å². The Balaban J connectivity index is 1.51. The quantitative estimate of drug-likeness (QED) is 0.647. The highest BCUT2D eigenvalue weighted by molar-refractivity contribution is 6.04. The number of nitrogens with zero attached hydrogens (tertiary/aromatic N) is 3. The fourth-order valence-corrected chi connectivity index (χ4v) is 3.07. The van der Waals surface area contributed by atoms with Crippen molar-refractivity contribution in [3.63, 3.8) is 0 Å². The number of fused-ring (bicyclic) bond motifs is 1. The number of cyclic esters (lactones) is 1. The third kappa shape index (κ3) is 3.69. The number of esters is 1. The molecule has 0 bridgehead atoms. The van der Waals surface area contributed by atoms with Crippen molar-refractivity contribution in [1.29, 1.82) is 0 Å². The summed E-state index contributed by atoms with van der Waals surface area (Å²) in [5.74, 6) is -0.00554. The van der Waals surface area contributed by atoms with Crippen LogP contribution in [0.3, 0.4) is 0 Å². The molecule has 2 aromatic carbocycles. The first-order chi connectivity index (χ1) is 14.1. The van der Waals surface area contributed by atoms with E-state index in [4.69, 9.17) is 9.47 Å². The zero-order chi connectivity index (χ0) is 20.4. The van der Waals surface area contributed by atoms with Crippen LogP contribution in [0.25, 0.3) is 5.69 Å². The molecule has 8 heteroatoms. The van der Waals surface area contributed by atoms with Crippen molar-refractivity contribution in [3.05, 3.63) is 65.0 Å². The van der Waals surface area contributed by atoms with Crippen molar-refractivity contribution in [2.24, 2.45) is 0 Å². The number of aromatic nitrogens is 3. The van der Waals surface area contributed by atoms with Crippen molar-refractivity contribution >= 4 is 17.6 Å². The molecule has 29 heavy (non-hydrogen) atoms. The molecule has 0 fully saturated rings. The molecule has 2 heterocycles. The molecule has 0 saturated carbocycles. The van der Waals surface area contributed by atoms with Gasteiger partial charge in [-0.25, -0.2) is 9.48 Å². The number of rotatable bonds is 6. The van der Waals surface area contributed by atoms with E-state index in [-0.39, 0.29) is 18.3 Å². The lowest BCUT2D eigenvalue weighted by atomic mass is 10.1. The minimum atomic E-state index is -0.400. The van der Waals surface area contributed by atoms with E-state index in [0.29, 0.717) is 23.6 Å². The van der Waals surface area contributed by atoms with Crippen molar-refractivity contribution in [2.45, 2.75) is 26.9 Å². The second kappa shape index (κ2) is 7.75. The van der Waals surface area contributed by atoms with Gasteiger partial charge in [0.1, 0.15) is 12.4 Å². The molecule has 0 radical (unpaired) electrons. The Bertz CT molecular complexity index is 1070. The number of carbonyl (C=O) groups is 2. The number of nitrogens with one attached hydrogen (secondary N) is 1. The van der Waals surface area contributed by atoms with E-state index < -0.39 is 5.91 Å². The lowest BCUT2D eigenvalue weighted by Crippen LogP contribution is -2.14. The maximum atomic E-state index is 12.7. The minimum absolute atomic E-state index is 0.208. The molecule has 1 N–H and O–H groups in total. The number of ether oxygens (including phenoxy) is 2. The average Bonchev–Trinajstić information content (AvgIpc) is 3.30. The molecule has 1 amide bonds. The lowest BCUT2D eigenvalue weighted by molar-refractivity contribution is 0.0535. The van der Waals surface area contributed by atoms with Crippen molar-refractivity contribution < 1.29 is 19.1 Å². The molecule has 0 aliphatic carbocycles. The molecule has 0 saturated heterocycles.